The summed E-state index contributed by atoms with van der Waals surface area (Å²) in [5.74, 6) is -0.173. The third-order valence-corrected chi connectivity index (χ3v) is 12.0. The fraction of sp³-hybridized carbons (Fsp3) is 0.405. The molecular formula is C42H46F4N4+2. The highest BCUT2D eigenvalue weighted by molar-refractivity contribution is 6.02. The average molecular weight is 683 g/mol. The average Bonchev–Trinajstić information content (AvgIpc) is 3.49. The van der Waals surface area contributed by atoms with Crippen LogP contribution in [0, 0.1) is 5.82 Å². The second kappa shape index (κ2) is 11.9. The summed E-state index contributed by atoms with van der Waals surface area (Å²) in [6, 6.07) is 17.1. The second-order valence-electron chi connectivity index (χ2n) is 14.8. The molecule has 1 aliphatic heterocycles. The van der Waals surface area contributed by atoms with Crippen LogP contribution in [-0.2, 0) is 42.6 Å². The van der Waals surface area contributed by atoms with Crippen LogP contribution in [0.2, 0.25) is 0 Å². The van der Waals surface area contributed by atoms with Gasteiger partial charge < -0.3 is 0 Å². The van der Waals surface area contributed by atoms with E-state index in [9.17, 15) is 13.2 Å². The largest absolute Gasteiger partial charge is 0.435 e. The van der Waals surface area contributed by atoms with Gasteiger partial charge in [-0.1, -0.05) is 59.2 Å². The number of hydrogen-bond donors (Lipinski definition) is 0. The number of unbranched alkanes of at least 4 members (excludes halogenated alkanes) is 1. The van der Waals surface area contributed by atoms with Crippen LogP contribution in [0.3, 0.4) is 0 Å². The smallest absolute Gasteiger partial charge is 0.261 e. The number of aryl methyl sites for hydroxylation is 2. The van der Waals surface area contributed by atoms with Gasteiger partial charge in [0.1, 0.15) is 11.5 Å². The first kappa shape index (κ1) is 34.1. The maximum absolute atomic E-state index is 16.2. The first-order valence-corrected chi connectivity index (χ1v) is 17.9. The van der Waals surface area contributed by atoms with Crippen molar-refractivity contribution in [3.05, 3.63) is 113 Å². The van der Waals surface area contributed by atoms with Gasteiger partial charge in [-0.2, -0.15) is 27.4 Å². The minimum atomic E-state index is -4.53. The molecule has 8 heteroatoms. The molecule has 0 N–H and O–H groups in total. The molecule has 7 rings (SSSR count). The van der Waals surface area contributed by atoms with Gasteiger partial charge in [-0.05, 0) is 72.5 Å². The molecule has 1 aliphatic carbocycles. The highest BCUT2D eigenvalue weighted by atomic mass is 19.4. The summed E-state index contributed by atoms with van der Waals surface area (Å²) in [5.41, 5.74) is 5.17. The van der Waals surface area contributed by atoms with E-state index in [0.29, 0.717) is 17.9 Å². The number of nitrogens with zero attached hydrogens (tertiary/aromatic N) is 4. The van der Waals surface area contributed by atoms with Crippen molar-refractivity contribution in [1.29, 1.82) is 0 Å². The molecule has 0 radical (unpaired) electrons. The Morgan fingerprint density at radius 2 is 1.68 bits per heavy atom. The lowest BCUT2D eigenvalue weighted by Crippen LogP contribution is -2.68. The maximum atomic E-state index is 16.2. The molecule has 0 fully saturated rings. The van der Waals surface area contributed by atoms with Gasteiger partial charge in [0.2, 0.25) is 11.4 Å². The molecule has 0 amide bonds. The molecule has 0 saturated carbocycles. The van der Waals surface area contributed by atoms with E-state index in [0.717, 1.165) is 66.1 Å². The standard InChI is InChI=1S/C42H46F4N4/c1-8-11-15-27-17-18-29-35-28(27)21-25-50-38(35)36-30(19-20-31(43)37(36)39(29,4)5)40(6,9-2)41(50,10-3)22-14-24-49-23-13-12-16-32(49)33-26-34(42(44,45)46)47-48(33)7/h12-14,16-23,25-26H,8-11,15,24H2,1-7H3/q+2. The van der Waals surface area contributed by atoms with Crippen molar-refractivity contribution in [3.63, 3.8) is 0 Å². The van der Waals surface area contributed by atoms with E-state index in [1.165, 1.54) is 28.1 Å². The Balaban J connectivity index is 1.44. The zero-order valence-electron chi connectivity index (χ0n) is 30.0. The number of aromatic nitrogens is 4. The fourth-order valence-electron chi connectivity index (χ4n) is 9.18. The number of hydrogen-bond acceptors (Lipinski definition) is 1. The Bertz CT molecular complexity index is 2180. The lowest BCUT2D eigenvalue weighted by Gasteiger charge is -2.49. The van der Waals surface area contributed by atoms with Crippen LogP contribution in [0.4, 0.5) is 17.6 Å². The Labute approximate surface area is 292 Å². The Morgan fingerprint density at radius 1 is 0.920 bits per heavy atom. The molecule has 2 aliphatic rings. The predicted octanol–water partition coefficient (Wildman–Crippen LogP) is 9.67. The third kappa shape index (κ3) is 4.73. The molecule has 0 spiro atoms. The minimum Gasteiger partial charge on any atom is -0.261 e. The summed E-state index contributed by atoms with van der Waals surface area (Å²) in [7, 11) is 1.54. The summed E-state index contributed by atoms with van der Waals surface area (Å²) >= 11 is 0. The first-order valence-electron chi connectivity index (χ1n) is 17.9. The SMILES string of the molecule is CCCCc1ccc2c3c4[n+](ccc13)C(C=CC[n+]1ccccc1-c1cc(C(F)(F)F)nn1C)(CC)C(C)(CC)c1ccc(F)c(c1-4)C2(C)C. The van der Waals surface area contributed by atoms with Crippen molar-refractivity contribution in [3.8, 4) is 22.6 Å². The number of allylic oxidation sites excluding steroid dienone is 2. The highest BCUT2D eigenvalue weighted by Gasteiger charge is 2.60. The molecular weight excluding hydrogens is 636 g/mol. The van der Waals surface area contributed by atoms with Gasteiger partial charge in [0.25, 0.3) is 0 Å². The highest BCUT2D eigenvalue weighted by Crippen LogP contribution is 2.58. The van der Waals surface area contributed by atoms with Crippen molar-refractivity contribution in [2.75, 3.05) is 0 Å². The molecule has 3 aromatic heterocycles. The topological polar surface area (TPSA) is 25.6 Å². The Hall–Kier alpha value is -4.33. The summed E-state index contributed by atoms with van der Waals surface area (Å²) < 4.78 is 62.6. The molecule has 2 atom stereocenters. The van der Waals surface area contributed by atoms with Gasteiger partial charge in [-0.3, -0.25) is 4.68 Å². The van der Waals surface area contributed by atoms with E-state index in [-0.39, 0.29) is 5.82 Å². The quantitative estimate of drug-likeness (QED) is 0.0864. The first-order chi connectivity index (χ1) is 23.7. The summed E-state index contributed by atoms with van der Waals surface area (Å²) in [6.45, 7) is 13.7. The zero-order valence-corrected chi connectivity index (χ0v) is 30.0. The minimum absolute atomic E-state index is 0.173. The summed E-state index contributed by atoms with van der Waals surface area (Å²) in [5, 5.41) is 6.21. The Morgan fingerprint density at radius 3 is 2.36 bits per heavy atom. The number of halogens is 4. The van der Waals surface area contributed by atoms with Crippen LogP contribution < -0.4 is 9.13 Å². The molecule has 0 bridgehead atoms. The second-order valence-corrected chi connectivity index (χ2v) is 14.8. The lowest BCUT2D eigenvalue weighted by atomic mass is 9.56. The van der Waals surface area contributed by atoms with Crippen LogP contribution in [0.5, 0.6) is 0 Å². The van der Waals surface area contributed by atoms with Crippen molar-refractivity contribution >= 4 is 10.8 Å². The number of rotatable bonds is 9. The van der Waals surface area contributed by atoms with E-state index in [2.05, 4.69) is 87.8 Å². The van der Waals surface area contributed by atoms with E-state index in [1.54, 1.807) is 6.07 Å². The van der Waals surface area contributed by atoms with E-state index in [1.807, 2.05) is 35.0 Å². The maximum Gasteiger partial charge on any atom is 0.435 e. The van der Waals surface area contributed by atoms with E-state index >= 15 is 4.39 Å². The number of benzene rings is 2. The summed E-state index contributed by atoms with van der Waals surface area (Å²) in [6.07, 6.45) is 8.83. The van der Waals surface area contributed by atoms with Crippen LogP contribution in [0.15, 0.2) is 79.1 Å². The van der Waals surface area contributed by atoms with Gasteiger partial charge in [0.05, 0.1) is 16.4 Å². The van der Waals surface area contributed by atoms with Crippen LogP contribution in [0.1, 0.15) is 95.2 Å². The molecule has 5 aromatic rings. The third-order valence-electron chi connectivity index (χ3n) is 12.0. The summed E-state index contributed by atoms with van der Waals surface area (Å²) in [4.78, 5) is 0. The molecule has 4 heterocycles. The predicted molar refractivity (Wildman–Crippen MR) is 189 cm³/mol. The molecule has 50 heavy (non-hydrogen) atoms. The van der Waals surface area contributed by atoms with Crippen molar-refractivity contribution < 1.29 is 26.7 Å². The van der Waals surface area contributed by atoms with Crippen molar-refractivity contribution in [2.45, 2.75) is 103 Å². The molecule has 4 nitrogen and oxygen atoms in total. The van der Waals surface area contributed by atoms with Crippen LogP contribution >= 0.6 is 0 Å². The van der Waals surface area contributed by atoms with Crippen molar-refractivity contribution in [2.24, 2.45) is 7.05 Å². The van der Waals surface area contributed by atoms with Gasteiger partial charge in [0.15, 0.2) is 30.2 Å². The monoisotopic (exact) mass is 682 g/mol. The van der Waals surface area contributed by atoms with Crippen molar-refractivity contribution in [1.82, 2.24) is 9.78 Å². The molecule has 0 saturated heterocycles. The van der Waals surface area contributed by atoms with Crippen LogP contribution in [0.25, 0.3) is 33.4 Å². The number of pyridine rings is 2. The van der Waals surface area contributed by atoms with E-state index in [4.69, 9.17) is 0 Å². The van der Waals surface area contributed by atoms with Crippen LogP contribution in [-0.4, -0.2) is 9.78 Å². The molecule has 2 aromatic carbocycles. The Kier molecular flexibility index (Phi) is 8.11. The van der Waals surface area contributed by atoms with Gasteiger partial charge in [0, 0.05) is 48.7 Å². The van der Waals surface area contributed by atoms with Gasteiger partial charge in [-0.15, -0.1) is 0 Å². The number of alkyl halides is 3. The normalized spacial score (nSPS) is 20.6. The molecule has 2 unspecified atom stereocenters. The molecule has 260 valence electrons. The van der Waals surface area contributed by atoms with Gasteiger partial charge >= 0.3 is 6.18 Å². The lowest BCUT2D eigenvalue weighted by molar-refractivity contribution is -0.755. The van der Waals surface area contributed by atoms with E-state index < -0.39 is 28.2 Å². The fourth-order valence-corrected chi connectivity index (χ4v) is 9.18. The zero-order chi connectivity index (χ0) is 35.8. The van der Waals surface area contributed by atoms with Gasteiger partial charge in [-0.25, -0.2) is 4.39 Å².